The van der Waals surface area contributed by atoms with Crippen molar-refractivity contribution in [3.05, 3.63) is 47.5 Å². The maximum absolute atomic E-state index is 12.7. The molecule has 166 valence electrons. The number of hydrogen-bond donors (Lipinski definition) is 0. The summed E-state index contributed by atoms with van der Waals surface area (Å²) < 4.78 is 6.14. The third kappa shape index (κ3) is 3.58. The lowest BCUT2D eigenvalue weighted by Gasteiger charge is -2.57. The predicted molar refractivity (Wildman–Crippen MR) is 121 cm³/mol. The molecule has 1 aromatic rings. The zero-order valence-corrected chi connectivity index (χ0v) is 19.1. The molecule has 5 rings (SSSR count). The van der Waals surface area contributed by atoms with E-state index in [1.54, 1.807) is 0 Å². The smallest absolute Gasteiger partial charge is 0.306 e. The van der Waals surface area contributed by atoms with Crippen LogP contribution in [0.5, 0.6) is 0 Å². The molecule has 3 unspecified atom stereocenters. The molecule has 3 nitrogen and oxygen atoms in total. The minimum Gasteiger partial charge on any atom is -0.462 e. The number of allylic oxidation sites excluding steroid dienone is 1. The minimum atomic E-state index is -0.0375. The van der Waals surface area contributed by atoms with Gasteiger partial charge in [-0.25, -0.2) is 0 Å². The molecule has 3 fully saturated rings. The fraction of sp³-hybridized carbons (Fsp3) is 0.643. The van der Waals surface area contributed by atoms with Crippen LogP contribution in [0.15, 0.2) is 42.0 Å². The van der Waals surface area contributed by atoms with Crippen molar-refractivity contribution in [3.8, 4) is 0 Å². The Morgan fingerprint density at radius 3 is 2.61 bits per heavy atom. The highest BCUT2D eigenvalue weighted by Gasteiger charge is 2.59. The molecule has 4 aliphatic carbocycles. The summed E-state index contributed by atoms with van der Waals surface area (Å²) in [5, 5.41) is 0. The SMILES string of the molecule is C[C@]12CCC3[C@@H](CCC4=CC(=O)CC[C@@]43C)C1CCC2OC(=O)CCc1ccccc1. The number of benzene rings is 1. The third-order valence-corrected chi connectivity index (χ3v) is 9.61. The number of carbonyl (C=O) groups excluding carboxylic acids is 2. The van der Waals surface area contributed by atoms with Gasteiger partial charge in [-0.2, -0.15) is 0 Å². The standard InChI is InChI=1S/C28H36O3/c1-27-16-14-21(29)18-20(27)9-10-22-23-11-12-25(28(23,2)17-15-24(22)27)31-26(30)13-8-19-6-4-3-5-7-19/h3-7,18,22-25H,8-17H2,1-2H3/t22-,23?,24?,25?,27-,28-/m0/s1. The average molecular weight is 421 g/mol. The normalized spacial score (nSPS) is 39.2. The minimum absolute atomic E-state index is 0.0375. The number of esters is 1. The van der Waals surface area contributed by atoms with Crippen molar-refractivity contribution in [2.24, 2.45) is 28.6 Å². The van der Waals surface area contributed by atoms with Crippen LogP contribution < -0.4 is 0 Å². The summed E-state index contributed by atoms with van der Waals surface area (Å²) in [4.78, 5) is 24.7. The van der Waals surface area contributed by atoms with Gasteiger partial charge in [0.05, 0.1) is 0 Å². The van der Waals surface area contributed by atoms with E-state index in [1.165, 1.54) is 30.4 Å². The Hall–Kier alpha value is -1.90. The van der Waals surface area contributed by atoms with E-state index in [2.05, 4.69) is 26.0 Å². The van der Waals surface area contributed by atoms with Gasteiger partial charge in [0, 0.05) is 18.3 Å². The van der Waals surface area contributed by atoms with Crippen LogP contribution in [0.25, 0.3) is 0 Å². The molecule has 0 saturated heterocycles. The molecule has 0 N–H and O–H groups in total. The summed E-state index contributed by atoms with van der Waals surface area (Å²) >= 11 is 0. The number of ketones is 1. The van der Waals surface area contributed by atoms with E-state index >= 15 is 0 Å². The second-order valence-electron chi connectivity index (χ2n) is 11.1. The van der Waals surface area contributed by atoms with Gasteiger partial charge in [-0.1, -0.05) is 49.8 Å². The van der Waals surface area contributed by atoms with Crippen LogP contribution in [0, 0.1) is 28.6 Å². The van der Waals surface area contributed by atoms with Crippen LogP contribution >= 0.6 is 0 Å². The largest absolute Gasteiger partial charge is 0.462 e. The Bertz CT molecular complexity index is 887. The molecular weight excluding hydrogens is 384 g/mol. The van der Waals surface area contributed by atoms with E-state index in [0.717, 1.165) is 32.1 Å². The molecule has 1 aromatic carbocycles. The second kappa shape index (κ2) is 7.90. The molecule has 3 saturated carbocycles. The van der Waals surface area contributed by atoms with Crippen LogP contribution in [-0.4, -0.2) is 17.9 Å². The third-order valence-electron chi connectivity index (χ3n) is 9.61. The molecule has 6 atom stereocenters. The predicted octanol–water partition coefficient (Wildman–Crippen LogP) is 6.06. The first kappa shape index (κ1) is 21.0. The van der Waals surface area contributed by atoms with Gasteiger partial charge in [0.15, 0.2) is 5.78 Å². The number of carbonyl (C=O) groups is 2. The highest BCUT2D eigenvalue weighted by atomic mass is 16.5. The fourth-order valence-electron chi connectivity index (χ4n) is 7.81. The Kier molecular flexibility index (Phi) is 5.35. The van der Waals surface area contributed by atoms with Crippen LogP contribution in [-0.2, 0) is 20.7 Å². The Morgan fingerprint density at radius 1 is 1.00 bits per heavy atom. The highest BCUT2D eigenvalue weighted by Crippen LogP contribution is 2.65. The van der Waals surface area contributed by atoms with Crippen molar-refractivity contribution in [2.45, 2.75) is 84.2 Å². The lowest BCUT2D eigenvalue weighted by molar-refractivity contribution is -0.159. The maximum Gasteiger partial charge on any atom is 0.306 e. The summed E-state index contributed by atoms with van der Waals surface area (Å²) in [6, 6.07) is 10.2. The molecular formula is C28H36O3. The fourth-order valence-corrected chi connectivity index (χ4v) is 7.81. The Labute approximate surface area is 186 Å². The zero-order chi connectivity index (χ0) is 21.6. The number of fused-ring (bicyclic) bond motifs is 5. The molecule has 0 radical (unpaired) electrons. The molecule has 0 amide bonds. The van der Waals surface area contributed by atoms with Gasteiger partial charge in [0.1, 0.15) is 6.10 Å². The van der Waals surface area contributed by atoms with Crippen LogP contribution in [0.3, 0.4) is 0 Å². The quantitative estimate of drug-likeness (QED) is 0.556. The van der Waals surface area contributed by atoms with Crippen molar-refractivity contribution in [2.75, 3.05) is 0 Å². The molecule has 0 spiro atoms. The molecule has 0 heterocycles. The zero-order valence-electron chi connectivity index (χ0n) is 19.1. The molecule has 0 aliphatic heterocycles. The summed E-state index contributed by atoms with van der Waals surface area (Å²) in [7, 11) is 0. The Morgan fingerprint density at radius 2 is 1.81 bits per heavy atom. The first-order valence-electron chi connectivity index (χ1n) is 12.4. The molecule has 31 heavy (non-hydrogen) atoms. The van der Waals surface area contributed by atoms with Crippen LogP contribution in [0.1, 0.15) is 77.2 Å². The number of hydrogen-bond acceptors (Lipinski definition) is 3. The van der Waals surface area contributed by atoms with Crippen molar-refractivity contribution < 1.29 is 14.3 Å². The van der Waals surface area contributed by atoms with E-state index in [0.29, 0.717) is 36.4 Å². The van der Waals surface area contributed by atoms with E-state index < -0.39 is 0 Å². The van der Waals surface area contributed by atoms with Crippen LogP contribution in [0.2, 0.25) is 0 Å². The summed E-state index contributed by atoms with van der Waals surface area (Å²) in [5.41, 5.74) is 2.95. The van der Waals surface area contributed by atoms with Crippen molar-refractivity contribution in [1.82, 2.24) is 0 Å². The van der Waals surface area contributed by atoms with Gasteiger partial charge >= 0.3 is 5.97 Å². The second-order valence-corrected chi connectivity index (χ2v) is 11.1. The van der Waals surface area contributed by atoms with Gasteiger partial charge in [0.2, 0.25) is 0 Å². The van der Waals surface area contributed by atoms with Gasteiger partial charge in [-0.15, -0.1) is 0 Å². The number of aryl methyl sites for hydroxylation is 1. The van der Waals surface area contributed by atoms with E-state index in [4.69, 9.17) is 4.74 Å². The lowest BCUT2D eigenvalue weighted by Crippen LogP contribution is -2.51. The molecule has 0 bridgehead atoms. The topological polar surface area (TPSA) is 43.4 Å². The van der Waals surface area contributed by atoms with Gasteiger partial charge < -0.3 is 4.74 Å². The number of ether oxygens (including phenoxy) is 1. The van der Waals surface area contributed by atoms with E-state index in [-0.39, 0.29) is 22.9 Å². The van der Waals surface area contributed by atoms with Crippen molar-refractivity contribution >= 4 is 11.8 Å². The monoisotopic (exact) mass is 420 g/mol. The van der Waals surface area contributed by atoms with Crippen LogP contribution in [0.4, 0.5) is 0 Å². The van der Waals surface area contributed by atoms with Crippen molar-refractivity contribution in [1.29, 1.82) is 0 Å². The lowest BCUT2D eigenvalue weighted by atomic mass is 9.47. The maximum atomic E-state index is 12.7. The van der Waals surface area contributed by atoms with Gasteiger partial charge in [-0.05, 0) is 86.2 Å². The summed E-state index contributed by atoms with van der Waals surface area (Å²) in [5.74, 6) is 2.34. The Balaban J connectivity index is 1.26. The van der Waals surface area contributed by atoms with Gasteiger partial charge in [0.25, 0.3) is 0 Å². The highest BCUT2D eigenvalue weighted by molar-refractivity contribution is 5.91. The number of rotatable bonds is 4. The molecule has 3 heteroatoms. The molecule has 4 aliphatic rings. The van der Waals surface area contributed by atoms with E-state index in [1.807, 2.05) is 24.3 Å². The van der Waals surface area contributed by atoms with E-state index in [9.17, 15) is 9.59 Å². The molecule has 0 aromatic heterocycles. The first-order chi connectivity index (χ1) is 14.9. The summed E-state index contributed by atoms with van der Waals surface area (Å²) in [6.45, 7) is 4.83. The van der Waals surface area contributed by atoms with Gasteiger partial charge in [-0.3, -0.25) is 9.59 Å². The summed E-state index contributed by atoms with van der Waals surface area (Å²) in [6.07, 6.45) is 11.8. The first-order valence-corrected chi connectivity index (χ1v) is 12.4. The van der Waals surface area contributed by atoms with Crippen molar-refractivity contribution in [3.63, 3.8) is 0 Å². The average Bonchev–Trinajstić information content (AvgIpc) is 3.10.